The Morgan fingerprint density at radius 1 is 1.40 bits per heavy atom. The predicted molar refractivity (Wildman–Crippen MR) is 69.0 cm³/mol. The first-order valence-electron chi connectivity index (χ1n) is 6.30. The number of sulfonamides is 1. The standard InChI is InChI=1S/C11H15N5O3S/c17-20(18,15-7-10-3-4-14-19-10)11-8(6-13-16-11)5-12-9-1-2-9/h3-4,6,9,12,15H,1-2,5,7H2,(H,13,16). The maximum Gasteiger partial charge on any atom is 0.258 e. The largest absolute Gasteiger partial charge is 0.360 e. The molecule has 0 saturated heterocycles. The second-order valence-corrected chi connectivity index (χ2v) is 6.39. The summed E-state index contributed by atoms with van der Waals surface area (Å²) in [5.41, 5.74) is 0.627. The van der Waals surface area contributed by atoms with E-state index in [0.717, 1.165) is 12.8 Å². The molecule has 1 aliphatic carbocycles. The van der Waals surface area contributed by atoms with E-state index in [0.29, 0.717) is 23.9 Å². The molecule has 1 fully saturated rings. The van der Waals surface area contributed by atoms with E-state index in [1.165, 1.54) is 12.4 Å². The van der Waals surface area contributed by atoms with Gasteiger partial charge in [-0.05, 0) is 12.8 Å². The van der Waals surface area contributed by atoms with Gasteiger partial charge in [-0.3, -0.25) is 5.10 Å². The van der Waals surface area contributed by atoms with E-state index < -0.39 is 10.0 Å². The number of nitrogens with zero attached hydrogens (tertiary/aromatic N) is 2. The molecule has 0 unspecified atom stereocenters. The molecule has 8 nitrogen and oxygen atoms in total. The molecule has 9 heteroatoms. The molecule has 0 aromatic carbocycles. The van der Waals surface area contributed by atoms with Gasteiger partial charge in [-0.2, -0.15) is 5.10 Å². The van der Waals surface area contributed by atoms with E-state index in [-0.39, 0.29) is 11.6 Å². The Kier molecular flexibility index (Phi) is 3.55. The van der Waals surface area contributed by atoms with Crippen LogP contribution in [0, 0.1) is 0 Å². The van der Waals surface area contributed by atoms with Crippen LogP contribution in [0.4, 0.5) is 0 Å². The molecule has 0 aliphatic heterocycles. The highest BCUT2D eigenvalue weighted by molar-refractivity contribution is 7.89. The molecule has 0 radical (unpaired) electrons. The Balaban J connectivity index is 1.68. The molecule has 2 heterocycles. The number of rotatable bonds is 7. The molecule has 20 heavy (non-hydrogen) atoms. The van der Waals surface area contributed by atoms with Crippen molar-refractivity contribution >= 4 is 10.0 Å². The van der Waals surface area contributed by atoms with Gasteiger partial charge in [-0.15, -0.1) is 0 Å². The summed E-state index contributed by atoms with van der Waals surface area (Å²) < 4.78 is 31.7. The van der Waals surface area contributed by atoms with E-state index in [4.69, 9.17) is 4.52 Å². The third-order valence-electron chi connectivity index (χ3n) is 3.03. The van der Waals surface area contributed by atoms with Gasteiger partial charge in [0.15, 0.2) is 10.8 Å². The summed E-state index contributed by atoms with van der Waals surface area (Å²) in [6.45, 7) is 0.538. The molecule has 2 aromatic rings. The lowest BCUT2D eigenvalue weighted by atomic mass is 10.3. The lowest BCUT2D eigenvalue weighted by molar-refractivity contribution is 0.380. The van der Waals surface area contributed by atoms with Crippen LogP contribution in [-0.2, 0) is 23.1 Å². The van der Waals surface area contributed by atoms with Crippen molar-refractivity contribution in [3.05, 3.63) is 29.8 Å². The van der Waals surface area contributed by atoms with E-state index in [9.17, 15) is 8.42 Å². The number of hydrogen-bond acceptors (Lipinski definition) is 6. The minimum Gasteiger partial charge on any atom is -0.360 e. The first kappa shape index (κ1) is 13.3. The highest BCUT2D eigenvalue weighted by Gasteiger charge is 2.24. The van der Waals surface area contributed by atoms with Crippen LogP contribution < -0.4 is 10.0 Å². The van der Waals surface area contributed by atoms with Crippen molar-refractivity contribution in [2.45, 2.75) is 37.0 Å². The molecular weight excluding hydrogens is 282 g/mol. The summed E-state index contributed by atoms with van der Waals surface area (Å²) in [5.74, 6) is 0.450. The van der Waals surface area contributed by atoms with Gasteiger partial charge in [0.2, 0.25) is 0 Å². The number of aromatic amines is 1. The van der Waals surface area contributed by atoms with Crippen molar-refractivity contribution in [3.8, 4) is 0 Å². The Morgan fingerprint density at radius 3 is 2.95 bits per heavy atom. The molecule has 0 atom stereocenters. The molecule has 1 saturated carbocycles. The summed E-state index contributed by atoms with van der Waals surface area (Å²) in [7, 11) is -3.65. The molecular formula is C11H15N5O3S. The molecule has 2 aromatic heterocycles. The SMILES string of the molecule is O=S(=O)(NCc1ccno1)c1[nH]ncc1CNC1CC1. The summed E-state index contributed by atoms with van der Waals surface area (Å²) in [5, 5.41) is 13.2. The summed E-state index contributed by atoms with van der Waals surface area (Å²) in [6, 6.07) is 2.10. The van der Waals surface area contributed by atoms with Crippen LogP contribution in [0.25, 0.3) is 0 Å². The molecule has 0 spiro atoms. The Hall–Kier alpha value is -1.71. The lowest BCUT2D eigenvalue weighted by Gasteiger charge is -2.06. The van der Waals surface area contributed by atoms with Gasteiger partial charge >= 0.3 is 0 Å². The van der Waals surface area contributed by atoms with Crippen molar-refractivity contribution in [2.24, 2.45) is 0 Å². The maximum atomic E-state index is 12.2. The van der Waals surface area contributed by atoms with Crippen molar-refractivity contribution in [3.63, 3.8) is 0 Å². The van der Waals surface area contributed by atoms with Crippen LogP contribution in [0.1, 0.15) is 24.2 Å². The zero-order chi connectivity index (χ0) is 14.0. The van der Waals surface area contributed by atoms with Crippen LogP contribution in [0.15, 0.2) is 28.0 Å². The second kappa shape index (κ2) is 5.35. The predicted octanol–water partition coefficient (Wildman–Crippen LogP) is 0.128. The average molecular weight is 297 g/mol. The quantitative estimate of drug-likeness (QED) is 0.669. The van der Waals surface area contributed by atoms with Crippen LogP contribution in [0.2, 0.25) is 0 Å². The normalized spacial score (nSPS) is 15.6. The van der Waals surface area contributed by atoms with Crippen LogP contribution in [0.5, 0.6) is 0 Å². The average Bonchev–Trinajstić information content (AvgIpc) is 2.94. The van der Waals surface area contributed by atoms with Gasteiger partial charge in [0, 0.05) is 24.2 Å². The van der Waals surface area contributed by atoms with E-state index in [1.807, 2.05) is 0 Å². The zero-order valence-corrected chi connectivity index (χ0v) is 11.5. The highest BCUT2D eigenvalue weighted by atomic mass is 32.2. The third kappa shape index (κ3) is 3.06. The minimum atomic E-state index is -3.65. The summed E-state index contributed by atoms with van der Waals surface area (Å²) in [4.78, 5) is 0. The number of nitrogens with one attached hydrogen (secondary N) is 3. The van der Waals surface area contributed by atoms with E-state index in [2.05, 4.69) is 25.4 Å². The lowest BCUT2D eigenvalue weighted by Crippen LogP contribution is -2.25. The smallest absolute Gasteiger partial charge is 0.258 e. The van der Waals surface area contributed by atoms with Crippen molar-refractivity contribution in [2.75, 3.05) is 0 Å². The molecule has 1 aliphatic rings. The topological polar surface area (TPSA) is 113 Å². The van der Waals surface area contributed by atoms with Gasteiger partial charge in [0.1, 0.15) is 0 Å². The van der Waals surface area contributed by atoms with Crippen molar-refractivity contribution in [1.82, 2.24) is 25.4 Å². The van der Waals surface area contributed by atoms with Gasteiger partial charge in [0.05, 0.1) is 18.9 Å². The molecule has 0 amide bonds. The highest BCUT2D eigenvalue weighted by Crippen LogP contribution is 2.20. The molecule has 3 N–H and O–H groups in total. The van der Waals surface area contributed by atoms with Crippen LogP contribution in [-0.4, -0.2) is 29.8 Å². The fraction of sp³-hybridized carbons (Fsp3) is 0.455. The third-order valence-corrected chi connectivity index (χ3v) is 4.45. The van der Waals surface area contributed by atoms with Gasteiger partial charge in [-0.1, -0.05) is 5.16 Å². The summed E-state index contributed by atoms with van der Waals surface area (Å²) in [6.07, 6.45) is 5.27. The fourth-order valence-corrected chi connectivity index (χ4v) is 2.89. The van der Waals surface area contributed by atoms with E-state index >= 15 is 0 Å². The number of hydrogen-bond donors (Lipinski definition) is 3. The first-order chi connectivity index (χ1) is 9.65. The fourth-order valence-electron chi connectivity index (χ4n) is 1.77. The van der Waals surface area contributed by atoms with Gasteiger partial charge in [-0.25, -0.2) is 13.1 Å². The molecule has 3 rings (SSSR count). The van der Waals surface area contributed by atoms with Gasteiger partial charge < -0.3 is 9.84 Å². The Bertz CT molecular complexity index is 660. The Morgan fingerprint density at radius 2 is 2.25 bits per heavy atom. The second-order valence-electron chi connectivity index (χ2n) is 4.68. The minimum absolute atomic E-state index is 0.0524. The number of aromatic nitrogens is 3. The zero-order valence-electron chi connectivity index (χ0n) is 10.7. The first-order valence-corrected chi connectivity index (χ1v) is 7.78. The maximum absolute atomic E-state index is 12.2. The summed E-state index contributed by atoms with van der Waals surface area (Å²) >= 11 is 0. The molecule has 0 bridgehead atoms. The van der Waals surface area contributed by atoms with E-state index in [1.54, 1.807) is 6.07 Å². The van der Waals surface area contributed by atoms with Crippen molar-refractivity contribution < 1.29 is 12.9 Å². The van der Waals surface area contributed by atoms with Crippen molar-refractivity contribution in [1.29, 1.82) is 0 Å². The number of H-pyrrole nitrogens is 1. The Labute approximate surface area is 116 Å². The van der Waals surface area contributed by atoms with Crippen LogP contribution in [0.3, 0.4) is 0 Å². The monoisotopic (exact) mass is 297 g/mol. The van der Waals surface area contributed by atoms with Crippen LogP contribution >= 0.6 is 0 Å². The van der Waals surface area contributed by atoms with Gasteiger partial charge in [0.25, 0.3) is 10.0 Å². The molecule has 108 valence electrons.